The summed E-state index contributed by atoms with van der Waals surface area (Å²) in [5.74, 6) is 0.630. The van der Waals surface area contributed by atoms with Gasteiger partial charge in [0, 0.05) is 7.05 Å². The minimum atomic E-state index is 0. The largest absolute Gasteiger partial charge is 0.382 e. The number of anilines is 1. The summed E-state index contributed by atoms with van der Waals surface area (Å²) in [7, 11) is 1.76. The van der Waals surface area contributed by atoms with E-state index in [4.69, 9.17) is 5.73 Å². The van der Waals surface area contributed by atoms with E-state index in [-0.39, 0.29) is 12.4 Å². The molecule has 4 nitrogen and oxygen atoms in total. The lowest BCUT2D eigenvalue weighted by Crippen LogP contribution is -1.97. The van der Waals surface area contributed by atoms with Gasteiger partial charge in [-0.15, -0.1) is 17.5 Å². The molecule has 0 spiro atoms. The zero-order chi connectivity index (χ0) is 6.15. The normalized spacial score (nSPS) is 8.67. The Kier molecular flexibility index (Phi) is 2.45. The molecule has 2 N–H and O–H groups in total. The maximum absolute atomic E-state index is 5.44. The van der Waals surface area contributed by atoms with Gasteiger partial charge in [-0.05, 0) is 6.92 Å². The molecular formula is C4H9ClN4. The Morgan fingerprint density at radius 1 is 1.56 bits per heavy atom. The fourth-order valence-electron chi connectivity index (χ4n) is 0.468. The van der Waals surface area contributed by atoms with Crippen LogP contribution in [0.2, 0.25) is 0 Å². The van der Waals surface area contributed by atoms with Gasteiger partial charge in [-0.3, -0.25) is 0 Å². The summed E-state index contributed by atoms with van der Waals surface area (Å²) in [5, 5.41) is 7.36. The minimum absolute atomic E-state index is 0. The maximum Gasteiger partial charge on any atom is 0.144 e. The first-order chi connectivity index (χ1) is 3.72. The molecule has 0 aliphatic rings. The highest BCUT2D eigenvalue weighted by Gasteiger charge is 1.97. The Morgan fingerprint density at radius 3 is 2.22 bits per heavy atom. The lowest BCUT2D eigenvalue weighted by atomic mass is 10.5. The zero-order valence-corrected chi connectivity index (χ0v) is 6.14. The van der Waals surface area contributed by atoms with Crippen LogP contribution in [0.3, 0.4) is 0 Å². The van der Waals surface area contributed by atoms with Crippen LogP contribution in [0.25, 0.3) is 0 Å². The summed E-state index contributed by atoms with van der Waals surface area (Å²) in [4.78, 5) is 0. The van der Waals surface area contributed by atoms with Gasteiger partial charge in [0.1, 0.15) is 11.5 Å². The van der Waals surface area contributed by atoms with Gasteiger partial charge in [-0.2, -0.15) is 0 Å². The molecule has 52 valence electrons. The highest BCUT2D eigenvalue weighted by Crippen LogP contribution is 2.00. The van der Waals surface area contributed by atoms with Crippen LogP contribution in [-0.4, -0.2) is 15.0 Å². The highest BCUT2D eigenvalue weighted by atomic mass is 35.5. The number of hydrogen-bond donors (Lipinski definition) is 1. The second kappa shape index (κ2) is 2.68. The van der Waals surface area contributed by atoms with Crippen molar-refractivity contribution in [3.05, 3.63) is 5.69 Å². The molecule has 1 aromatic heterocycles. The van der Waals surface area contributed by atoms with E-state index in [0.717, 1.165) is 5.69 Å². The number of aryl methyl sites for hydroxylation is 2. The molecule has 0 amide bonds. The average Bonchev–Trinajstić information content (AvgIpc) is 1.98. The fourth-order valence-corrected chi connectivity index (χ4v) is 0.468. The Hall–Kier alpha value is -0.770. The number of rotatable bonds is 0. The Bertz CT molecular complexity index is 175. The third-order valence-electron chi connectivity index (χ3n) is 1.05. The van der Waals surface area contributed by atoms with Gasteiger partial charge < -0.3 is 5.73 Å². The third-order valence-corrected chi connectivity index (χ3v) is 1.05. The van der Waals surface area contributed by atoms with Gasteiger partial charge in [-0.1, -0.05) is 5.21 Å². The lowest BCUT2D eigenvalue weighted by molar-refractivity contribution is 0.721. The van der Waals surface area contributed by atoms with Crippen molar-refractivity contribution in [2.24, 2.45) is 7.05 Å². The molecule has 0 unspecified atom stereocenters. The van der Waals surface area contributed by atoms with Crippen molar-refractivity contribution in [3.8, 4) is 0 Å². The van der Waals surface area contributed by atoms with Crippen LogP contribution in [0.1, 0.15) is 5.69 Å². The predicted molar refractivity (Wildman–Crippen MR) is 37.4 cm³/mol. The van der Waals surface area contributed by atoms with Crippen molar-refractivity contribution in [3.63, 3.8) is 0 Å². The second-order valence-electron chi connectivity index (χ2n) is 1.68. The van der Waals surface area contributed by atoms with Crippen LogP contribution in [-0.2, 0) is 7.05 Å². The van der Waals surface area contributed by atoms with Crippen LogP contribution in [0.5, 0.6) is 0 Å². The second-order valence-corrected chi connectivity index (χ2v) is 1.68. The molecule has 0 saturated heterocycles. The number of aromatic nitrogens is 3. The SMILES string of the molecule is Cc1nnn(C)c1N.Cl. The molecule has 1 rings (SSSR count). The van der Waals surface area contributed by atoms with Crippen LogP contribution in [0.4, 0.5) is 5.82 Å². The summed E-state index contributed by atoms with van der Waals surface area (Å²) >= 11 is 0. The highest BCUT2D eigenvalue weighted by molar-refractivity contribution is 5.85. The van der Waals surface area contributed by atoms with Crippen molar-refractivity contribution < 1.29 is 0 Å². The van der Waals surface area contributed by atoms with E-state index in [9.17, 15) is 0 Å². The number of halogens is 1. The van der Waals surface area contributed by atoms with Crippen molar-refractivity contribution >= 4 is 18.2 Å². The van der Waals surface area contributed by atoms with E-state index in [1.54, 1.807) is 7.05 Å². The molecule has 0 saturated carbocycles. The summed E-state index contributed by atoms with van der Waals surface area (Å²) in [6.07, 6.45) is 0. The van der Waals surface area contributed by atoms with Gasteiger partial charge in [0.25, 0.3) is 0 Å². The van der Waals surface area contributed by atoms with E-state index in [2.05, 4.69) is 10.3 Å². The fraction of sp³-hybridized carbons (Fsp3) is 0.500. The van der Waals surface area contributed by atoms with Crippen LogP contribution < -0.4 is 5.73 Å². The molecule has 5 heteroatoms. The predicted octanol–water partition coefficient (Wildman–Crippen LogP) is 0.128. The molecule has 0 aliphatic carbocycles. The van der Waals surface area contributed by atoms with E-state index in [0.29, 0.717) is 5.82 Å². The molecule has 0 bridgehead atoms. The molecule has 9 heavy (non-hydrogen) atoms. The Morgan fingerprint density at radius 2 is 2.11 bits per heavy atom. The zero-order valence-electron chi connectivity index (χ0n) is 5.33. The number of nitrogens with two attached hydrogens (primary N) is 1. The van der Waals surface area contributed by atoms with Gasteiger partial charge >= 0.3 is 0 Å². The summed E-state index contributed by atoms with van der Waals surface area (Å²) in [6.45, 7) is 1.82. The van der Waals surface area contributed by atoms with Gasteiger partial charge in [-0.25, -0.2) is 4.68 Å². The van der Waals surface area contributed by atoms with Crippen molar-refractivity contribution in [2.75, 3.05) is 5.73 Å². The average molecular weight is 149 g/mol. The standard InChI is InChI=1S/C4H8N4.ClH/c1-3-4(5)8(2)7-6-3;/h5H2,1-2H3;1H. The van der Waals surface area contributed by atoms with Gasteiger partial charge in [0.05, 0.1) is 0 Å². The molecule has 0 aromatic carbocycles. The van der Waals surface area contributed by atoms with Gasteiger partial charge in [0.15, 0.2) is 0 Å². The van der Waals surface area contributed by atoms with Crippen molar-refractivity contribution in [1.82, 2.24) is 15.0 Å². The molecule has 0 radical (unpaired) electrons. The molecule has 0 atom stereocenters. The lowest BCUT2D eigenvalue weighted by Gasteiger charge is -1.88. The minimum Gasteiger partial charge on any atom is -0.382 e. The van der Waals surface area contributed by atoms with Crippen LogP contribution >= 0.6 is 12.4 Å². The number of hydrogen-bond acceptors (Lipinski definition) is 3. The first-order valence-corrected chi connectivity index (χ1v) is 2.33. The summed E-state index contributed by atoms with van der Waals surface area (Å²) in [5.41, 5.74) is 6.22. The molecule has 1 aromatic rings. The Balaban J connectivity index is 0.000000640. The smallest absolute Gasteiger partial charge is 0.144 e. The molecule has 1 heterocycles. The van der Waals surface area contributed by atoms with E-state index in [1.807, 2.05) is 6.92 Å². The first-order valence-electron chi connectivity index (χ1n) is 2.33. The quantitative estimate of drug-likeness (QED) is 0.569. The Labute approximate surface area is 59.4 Å². The van der Waals surface area contributed by atoms with Crippen LogP contribution in [0, 0.1) is 6.92 Å². The van der Waals surface area contributed by atoms with Crippen LogP contribution in [0.15, 0.2) is 0 Å². The van der Waals surface area contributed by atoms with Crippen molar-refractivity contribution in [2.45, 2.75) is 6.92 Å². The van der Waals surface area contributed by atoms with Crippen molar-refractivity contribution in [1.29, 1.82) is 0 Å². The maximum atomic E-state index is 5.44. The van der Waals surface area contributed by atoms with Gasteiger partial charge in [0.2, 0.25) is 0 Å². The summed E-state index contributed by atoms with van der Waals surface area (Å²) in [6, 6.07) is 0. The monoisotopic (exact) mass is 148 g/mol. The third kappa shape index (κ3) is 1.32. The van der Waals surface area contributed by atoms with E-state index < -0.39 is 0 Å². The number of nitrogen functional groups attached to an aromatic ring is 1. The first kappa shape index (κ1) is 8.23. The molecule has 0 fully saturated rings. The van der Waals surface area contributed by atoms with E-state index >= 15 is 0 Å². The molecule has 0 aliphatic heterocycles. The number of nitrogens with zero attached hydrogens (tertiary/aromatic N) is 3. The van der Waals surface area contributed by atoms with E-state index in [1.165, 1.54) is 4.68 Å². The topological polar surface area (TPSA) is 56.7 Å². The molecular weight excluding hydrogens is 140 g/mol. The summed E-state index contributed by atoms with van der Waals surface area (Å²) < 4.78 is 1.54.